The van der Waals surface area contributed by atoms with Crippen LogP contribution in [0, 0.1) is 0 Å². The average Bonchev–Trinajstić information content (AvgIpc) is 2.39. The maximum atomic E-state index is 6.02. The Bertz CT molecular complexity index is 469. The molecule has 0 saturated heterocycles. The highest BCUT2D eigenvalue weighted by Gasteiger charge is 2.39. The van der Waals surface area contributed by atoms with Crippen LogP contribution in [0.4, 0.5) is 11.4 Å². The molecule has 1 aliphatic carbocycles. The number of ether oxygens (including phenoxy) is 1. The fourth-order valence-corrected chi connectivity index (χ4v) is 2.99. The molecule has 0 bridgehead atoms. The van der Waals surface area contributed by atoms with Crippen LogP contribution in [0.25, 0.3) is 0 Å². The van der Waals surface area contributed by atoms with Gasteiger partial charge in [-0.3, -0.25) is 0 Å². The van der Waals surface area contributed by atoms with Gasteiger partial charge in [0.1, 0.15) is 5.75 Å². The van der Waals surface area contributed by atoms with Gasteiger partial charge in [-0.15, -0.1) is 0 Å². The van der Waals surface area contributed by atoms with E-state index in [-0.39, 0.29) is 0 Å². The van der Waals surface area contributed by atoms with Gasteiger partial charge in [-0.2, -0.15) is 0 Å². The Labute approximate surface area is 128 Å². The Morgan fingerprint density at radius 3 is 2.43 bits per heavy atom. The summed E-state index contributed by atoms with van der Waals surface area (Å²) in [6.45, 7) is 3.86. The molecule has 4 heteroatoms. The van der Waals surface area contributed by atoms with Crippen molar-refractivity contribution in [1.82, 2.24) is 4.90 Å². The van der Waals surface area contributed by atoms with Crippen molar-refractivity contribution in [3.05, 3.63) is 18.2 Å². The molecule has 1 aromatic carbocycles. The van der Waals surface area contributed by atoms with Crippen LogP contribution >= 0.6 is 0 Å². The zero-order valence-corrected chi connectivity index (χ0v) is 13.9. The minimum absolute atomic E-state index is 0.309. The smallest absolute Gasteiger partial charge is 0.123 e. The second kappa shape index (κ2) is 6.56. The first kappa shape index (κ1) is 16.0. The lowest BCUT2D eigenvalue weighted by Gasteiger charge is -2.49. The van der Waals surface area contributed by atoms with Gasteiger partial charge in [0.2, 0.25) is 0 Å². The lowest BCUT2D eigenvalue weighted by molar-refractivity contribution is 0.0683. The van der Waals surface area contributed by atoms with Crippen LogP contribution < -0.4 is 15.4 Å². The van der Waals surface area contributed by atoms with Crippen molar-refractivity contribution in [2.75, 3.05) is 44.9 Å². The van der Waals surface area contributed by atoms with Gasteiger partial charge in [0.15, 0.2) is 0 Å². The van der Waals surface area contributed by atoms with Crippen molar-refractivity contribution in [3.8, 4) is 5.75 Å². The average molecular weight is 291 g/mol. The van der Waals surface area contributed by atoms with E-state index in [0.29, 0.717) is 5.54 Å². The summed E-state index contributed by atoms with van der Waals surface area (Å²) in [5.41, 5.74) is 8.23. The van der Waals surface area contributed by atoms with Crippen LogP contribution in [0.5, 0.6) is 5.75 Å². The lowest BCUT2D eigenvalue weighted by Crippen LogP contribution is -2.56. The first-order chi connectivity index (χ1) is 9.97. The van der Waals surface area contributed by atoms with E-state index in [0.717, 1.165) is 36.7 Å². The fraction of sp³-hybridized carbons (Fsp3) is 0.647. The first-order valence-electron chi connectivity index (χ1n) is 7.89. The normalized spacial score (nSPS) is 16.6. The second-order valence-corrected chi connectivity index (χ2v) is 6.44. The predicted octanol–water partition coefficient (Wildman–Crippen LogP) is 2.98. The van der Waals surface area contributed by atoms with E-state index in [2.05, 4.69) is 43.9 Å². The number of nitrogens with zero attached hydrogens (tertiary/aromatic N) is 2. The Morgan fingerprint density at radius 2 is 1.90 bits per heavy atom. The van der Waals surface area contributed by atoms with Crippen LogP contribution in [0.2, 0.25) is 0 Å². The van der Waals surface area contributed by atoms with Crippen LogP contribution in [0.3, 0.4) is 0 Å². The van der Waals surface area contributed by atoms with Gasteiger partial charge in [0.05, 0.1) is 6.61 Å². The van der Waals surface area contributed by atoms with Crippen LogP contribution in [-0.2, 0) is 0 Å². The quantitative estimate of drug-likeness (QED) is 0.784. The van der Waals surface area contributed by atoms with Gasteiger partial charge in [-0.05, 0) is 45.8 Å². The van der Waals surface area contributed by atoms with Gasteiger partial charge in [-0.1, -0.05) is 6.92 Å². The van der Waals surface area contributed by atoms with Crippen molar-refractivity contribution < 1.29 is 4.74 Å². The molecule has 0 aromatic heterocycles. The SMILES string of the molecule is CCCOc1cc(N)cc(N(C)CC2(N(C)C)CCC2)c1. The molecule has 0 heterocycles. The van der Waals surface area contributed by atoms with Crippen molar-refractivity contribution >= 4 is 11.4 Å². The molecule has 0 amide bonds. The van der Waals surface area contributed by atoms with Gasteiger partial charge >= 0.3 is 0 Å². The number of rotatable bonds is 7. The molecule has 2 N–H and O–H groups in total. The summed E-state index contributed by atoms with van der Waals surface area (Å²) in [5.74, 6) is 0.867. The summed E-state index contributed by atoms with van der Waals surface area (Å²) in [7, 11) is 6.51. The van der Waals surface area contributed by atoms with Gasteiger partial charge in [0, 0.05) is 42.6 Å². The third kappa shape index (κ3) is 3.62. The Balaban J connectivity index is 2.11. The van der Waals surface area contributed by atoms with Gasteiger partial charge in [0.25, 0.3) is 0 Å². The molecule has 1 aromatic rings. The second-order valence-electron chi connectivity index (χ2n) is 6.44. The lowest BCUT2D eigenvalue weighted by atomic mass is 9.75. The summed E-state index contributed by atoms with van der Waals surface area (Å²) in [4.78, 5) is 4.67. The Hall–Kier alpha value is -1.42. The Kier molecular flexibility index (Phi) is 4.99. The number of anilines is 2. The highest BCUT2D eigenvalue weighted by atomic mass is 16.5. The number of nitrogens with two attached hydrogens (primary N) is 1. The standard InChI is InChI=1S/C17H29N3O/c1-5-9-21-16-11-14(18)10-15(12-16)20(4)13-17(19(2)3)7-6-8-17/h10-12H,5-9,13,18H2,1-4H3. The fourth-order valence-electron chi connectivity index (χ4n) is 2.99. The maximum absolute atomic E-state index is 6.02. The van der Waals surface area contributed by atoms with Crippen LogP contribution in [0.15, 0.2) is 18.2 Å². The molecule has 2 rings (SSSR count). The topological polar surface area (TPSA) is 41.7 Å². The minimum atomic E-state index is 0.309. The number of likely N-dealkylation sites (N-methyl/N-ethyl adjacent to an activating group) is 2. The molecular formula is C17H29N3O. The maximum Gasteiger partial charge on any atom is 0.123 e. The number of hydrogen-bond donors (Lipinski definition) is 1. The van der Waals surface area contributed by atoms with E-state index in [9.17, 15) is 0 Å². The van der Waals surface area contributed by atoms with Gasteiger partial charge < -0.3 is 20.3 Å². The van der Waals surface area contributed by atoms with Crippen molar-refractivity contribution in [1.29, 1.82) is 0 Å². The molecule has 0 atom stereocenters. The molecule has 118 valence electrons. The summed E-state index contributed by atoms with van der Waals surface area (Å²) in [6, 6.07) is 6.02. The summed E-state index contributed by atoms with van der Waals surface area (Å²) in [6.07, 6.45) is 4.87. The van der Waals surface area contributed by atoms with E-state index in [1.165, 1.54) is 19.3 Å². The first-order valence-corrected chi connectivity index (χ1v) is 7.89. The largest absolute Gasteiger partial charge is 0.493 e. The van der Waals surface area contributed by atoms with Crippen molar-refractivity contribution in [2.24, 2.45) is 0 Å². The molecule has 1 aliphatic rings. The molecule has 4 nitrogen and oxygen atoms in total. The van der Waals surface area contributed by atoms with Crippen molar-refractivity contribution in [2.45, 2.75) is 38.1 Å². The molecule has 1 fully saturated rings. The summed E-state index contributed by atoms with van der Waals surface area (Å²) < 4.78 is 5.73. The van der Waals surface area contributed by atoms with Crippen LogP contribution in [-0.4, -0.2) is 44.7 Å². The van der Waals surface area contributed by atoms with Crippen molar-refractivity contribution in [3.63, 3.8) is 0 Å². The van der Waals surface area contributed by atoms with E-state index in [1.54, 1.807) is 0 Å². The zero-order valence-electron chi connectivity index (χ0n) is 13.9. The molecule has 0 radical (unpaired) electrons. The third-order valence-corrected chi connectivity index (χ3v) is 4.59. The molecule has 21 heavy (non-hydrogen) atoms. The molecule has 0 unspecified atom stereocenters. The predicted molar refractivity (Wildman–Crippen MR) is 90.2 cm³/mol. The minimum Gasteiger partial charge on any atom is -0.493 e. The molecule has 1 saturated carbocycles. The van der Waals surface area contributed by atoms with Crippen LogP contribution in [0.1, 0.15) is 32.6 Å². The van der Waals surface area contributed by atoms with E-state index >= 15 is 0 Å². The van der Waals surface area contributed by atoms with E-state index in [4.69, 9.17) is 10.5 Å². The monoisotopic (exact) mass is 291 g/mol. The molecule has 0 aliphatic heterocycles. The Morgan fingerprint density at radius 1 is 1.19 bits per heavy atom. The molecule has 0 spiro atoms. The zero-order chi connectivity index (χ0) is 15.5. The van der Waals surface area contributed by atoms with E-state index in [1.807, 2.05) is 12.1 Å². The molecular weight excluding hydrogens is 262 g/mol. The highest BCUT2D eigenvalue weighted by molar-refractivity contribution is 5.60. The number of nitrogen functional groups attached to an aromatic ring is 1. The number of benzene rings is 1. The van der Waals surface area contributed by atoms with Gasteiger partial charge in [-0.25, -0.2) is 0 Å². The summed E-state index contributed by atoms with van der Waals surface area (Å²) in [5, 5.41) is 0. The highest BCUT2D eigenvalue weighted by Crippen LogP contribution is 2.38. The van der Waals surface area contributed by atoms with E-state index < -0.39 is 0 Å². The number of hydrogen-bond acceptors (Lipinski definition) is 4. The summed E-state index contributed by atoms with van der Waals surface area (Å²) >= 11 is 0. The third-order valence-electron chi connectivity index (χ3n) is 4.59.